The lowest BCUT2D eigenvalue weighted by atomic mass is 9.87. The summed E-state index contributed by atoms with van der Waals surface area (Å²) in [4.78, 5) is 40.5. The fourth-order valence-corrected chi connectivity index (χ4v) is 3.67. The maximum Gasteiger partial charge on any atom is 0.328 e. The molecule has 0 saturated heterocycles. The number of carbonyl (C=O) groups is 4. The summed E-state index contributed by atoms with van der Waals surface area (Å²) in [5.74, 6) is -5.03. The molecule has 0 amide bonds. The fraction of sp³-hybridized carbons (Fsp3) is 0.481. The van der Waals surface area contributed by atoms with E-state index in [1.807, 2.05) is 0 Å². The first-order valence-electron chi connectivity index (χ1n) is 12.1. The van der Waals surface area contributed by atoms with E-state index < -0.39 is 23.9 Å². The van der Waals surface area contributed by atoms with Crippen LogP contribution in [-0.2, 0) is 30.3 Å². The normalized spacial score (nSPS) is 14.7. The van der Waals surface area contributed by atoms with Gasteiger partial charge in [0.25, 0.3) is 0 Å². The van der Waals surface area contributed by atoms with Crippen LogP contribution >= 0.6 is 0 Å². The second-order valence-electron chi connectivity index (χ2n) is 8.78. The summed E-state index contributed by atoms with van der Waals surface area (Å²) in [6.45, 7) is 2.01. The van der Waals surface area contributed by atoms with E-state index in [0.717, 1.165) is 26.0 Å². The van der Waals surface area contributed by atoms with Crippen LogP contribution < -0.4 is 0 Å². The van der Waals surface area contributed by atoms with Gasteiger partial charge in [0.1, 0.15) is 0 Å². The molecule has 1 aliphatic rings. The van der Waals surface area contributed by atoms with E-state index in [0.29, 0.717) is 24.3 Å². The molecule has 1 aromatic carbocycles. The first-order chi connectivity index (χ1) is 17.5. The summed E-state index contributed by atoms with van der Waals surface area (Å²) >= 11 is 0. The lowest BCUT2D eigenvalue weighted by Crippen LogP contribution is -2.35. The maximum absolute atomic E-state index is 9.55. The lowest BCUT2D eigenvalue weighted by Gasteiger charge is -2.33. The highest BCUT2D eigenvalue weighted by molar-refractivity contribution is 5.90. The van der Waals surface area contributed by atoms with E-state index in [1.54, 1.807) is 0 Å². The second-order valence-corrected chi connectivity index (χ2v) is 8.78. The summed E-state index contributed by atoms with van der Waals surface area (Å²) in [5, 5.41) is 31.2. The van der Waals surface area contributed by atoms with Crippen LogP contribution in [0.3, 0.4) is 0 Å². The Hall–Kier alpha value is -3.50. The molecule has 0 aromatic heterocycles. The van der Waals surface area contributed by atoms with Gasteiger partial charge in [-0.15, -0.1) is 0 Å². The molecule has 0 radical (unpaired) electrons. The number of nitrogens with zero attached hydrogens (tertiary/aromatic N) is 1. The van der Waals surface area contributed by atoms with Crippen LogP contribution in [-0.4, -0.2) is 82.1 Å². The lowest BCUT2D eigenvalue weighted by molar-refractivity contribution is -0.134. The maximum atomic E-state index is 9.55. The van der Waals surface area contributed by atoms with Crippen LogP contribution in [0.4, 0.5) is 0 Å². The van der Waals surface area contributed by atoms with Crippen molar-refractivity contribution in [3.63, 3.8) is 0 Å². The molecule has 206 valence electrons. The first kappa shape index (κ1) is 33.5. The quantitative estimate of drug-likeness (QED) is 0.192. The van der Waals surface area contributed by atoms with Crippen LogP contribution in [0.15, 0.2) is 54.6 Å². The van der Waals surface area contributed by atoms with Gasteiger partial charge in [-0.3, -0.25) is 0 Å². The van der Waals surface area contributed by atoms with Gasteiger partial charge in [0.15, 0.2) is 0 Å². The van der Waals surface area contributed by atoms with Gasteiger partial charge in [0, 0.05) is 37.3 Å². The van der Waals surface area contributed by atoms with Crippen molar-refractivity contribution >= 4 is 23.9 Å². The van der Waals surface area contributed by atoms with Crippen molar-refractivity contribution < 1.29 is 44.3 Å². The van der Waals surface area contributed by atoms with Gasteiger partial charge in [-0.25, -0.2) is 19.2 Å². The minimum absolute atomic E-state index is 0.0875. The van der Waals surface area contributed by atoms with Crippen molar-refractivity contribution in [2.24, 2.45) is 0 Å². The molecule has 0 aliphatic heterocycles. The Bertz CT molecular complexity index is 805. The number of rotatable bonds is 11. The molecular formula is C27H39NO9. The Morgan fingerprint density at radius 2 is 1.22 bits per heavy atom. The molecular weight excluding hydrogens is 482 g/mol. The van der Waals surface area contributed by atoms with Crippen molar-refractivity contribution in [3.05, 3.63) is 60.2 Å². The highest BCUT2D eigenvalue weighted by Gasteiger charge is 2.31. The smallest absolute Gasteiger partial charge is 0.328 e. The number of hydrogen-bond acceptors (Lipinski definition) is 6. The van der Waals surface area contributed by atoms with Crippen molar-refractivity contribution in [1.29, 1.82) is 0 Å². The molecule has 0 heterocycles. The molecule has 1 aromatic rings. The van der Waals surface area contributed by atoms with E-state index in [9.17, 15) is 19.2 Å². The van der Waals surface area contributed by atoms with Crippen molar-refractivity contribution in [3.8, 4) is 0 Å². The zero-order chi connectivity index (χ0) is 28.1. The van der Waals surface area contributed by atoms with Crippen LogP contribution in [0.5, 0.6) is 0 Å². The monoisotopic (exact) mass is 521 g/mol. The topological polar surface area (TPSA) is 162 Å². The summed E-state index contributed by atoms with van der Waals surface area (Å²) in [5.41, 5.74) is 1.51. The minimum Gasteiger partial charge on any atom is -0.478 e. The summed E-state index contributed by atoms with van der Waals surface area (Å²) in [7, 11) is 4.26. The molecule has 2 rings (SSSR count). The average molecular weight is 522 g/mol. The number of ether oxygens (including phenoxy) is 1. The molecule has 0 spiro atoms. The molecule has 4 N–H and O–H groups in total. The third-order valence-corrected chi connectivity index (χ3v) is 5.28. The molecule has 37 heavy (non-hydrogen) atoms. The highest BCUT2D eigenvalue weighted by atomic mass is 16.5. The summed E-state index contributed by atoms with van der Waals surface area (Å²) in [6.07, 6.45) is 12.3. The molecule has 10 heteroatoms. The zero-order valence-electron chi connectivity index (χ0n) is 21.5. The van der Waals surface area contributed by atoms with Gasteiger partial charge in [0.05, 0.1) is 5.60 Å². The van der Waals surface area contributed by atoms with Gasteiger partial charge >= 0.3 is 23.9 Å². The summed E-state index contributed by atoms with van der Waals surface area (Å²) < 4.78 is 6.48. The standard InChI is InChI=1S/C19H31NO.2C4H4O4/c1-20(2)15-10-16-21-19(13-8-3-4-9-14-19)17-18-11-6-5-7-12-18;2*5-3(6)1-2-4(7)8/h5-7,11-12H,3-4,8-10,13-17H2,1-2H3;2*1-2H,(H,5,6)(H,7,8)/b;2*2-1+. The van der Waals surface area contributed by atoms with Gasteiger partial charge in [-0.2, -0.15) is 0 Å². The second kappa shape index (κ2) is 19.7. The fourth-order valence-electron chi connectivity index (χ4n) is 3.67. The molecule has 10 nitrogen and oxygen atoms in total. The number of carboxylic acids is 4. The van der Waals surface area contributed by atoms with E-state index in [2.05, 4.69) is 49.3 Å². The Kier molecular flexibility index (Phi) is 17.8. The zero-order valence-corrected chi connectivity index (χ0v) is 21.5. The van der Waals surface area contributed by atoms with Gasteiger partial charge in [-0.1, -0.05) is 56.0 Å². The number of benzene rings is 1. The Labute approximate surface area is 217 Å². The number of aliphatic carboxylic acids is 4. The minimum atomic E-state index is -1.26. The van der Waals surface area contributed by atoms with Crippen molar-refractivity contribution in [2.75, 3.05) is 27.2 Å². The Balaban J connectivity index is 0.000000669. The van der Waals surface area contributed by atoms with Gasteiger partial charge < -0.3 is 30.1 Å². The van der Waals surface area contributed by atoms with Crippen molar-refractivity contribution in [1.82, 2.24) is 4.90 Å². The molecule has 0 unspecified atom stereocenters. The SMILES string of the molecule is CN(C)CCCOC1(Cc2ccccc2)CCCCCC1.O=C(O)/C=C/C(=O)O.O=C(O)/C=C/C(=O)O. The highest BCUT2D eigenvalue weighted by Crippen LogP contribution is 2.33. The number of carboxylic acid groups (broad SMARTS) is 4. The van der Waals surface area contributed by atoms with Crippen LogP contribution in [0.25, 0.3) is 0 Å². The van der Waals surface area contributed by atoms with Crippen molar-refractivity contribution in [2.45, 2.75) is 57.0 Å². The van der Waals surface area contributed by atoms with Crippen LogP contribution in [0, 0.1) is 0 Å². The molecule has 1 aliphatic carbocycles. The summed E-state index contributed by atoms with van der Waals surface area (Å²) in [6, 6.07) is 10.9. The molecule has 0 atom stereocenters. The van der Waals surface area contributed by atoms with Gasteiger partial charge in [0.2, 0.25) is 0 Å². The first-order valence-corrected chi connectivity index (χ1v) is 12.1. The van der Waals surface area contributed by atoms with Crippen LogP contribution in [0.2, 0.25) is 0 Å². The predicted molar refractivity (Wildman–Crippen MR) is 139 cm³/mol. The van der Waals surface area contributed by atoms with E-state index in [-0.39, 0.29) is 5.60 Å². The third-order valence-electron chi connectivity index (χ3n) is 5.28. The third kappa shape index (κ3) is 20.4. The van der Waals surface area contributed by atoms with E-state index in [1.165, 1.54) is 44.1 Å². The Morgan fingerprint density at radius 3 is 1.59 bits per heavy atom. The molecule has 1 fully saturated rings. The molecule has 1 saturated carbocycles. The van der Waals surface area contributed by atoms with E-state index >= 15 is 0 Å². The Morgan fingerprint density at radius 1 is 0.784 bits per heavy atom. The number of hydrogen-bond donors (Lipinski definition) is 4. The predicted octanol–water partition coefficient (Wildman–Crippen LogP) is 3.71. The average Bonchev–Trinajstić information content (AvgIpc) is 3.06. The largest absolute Gasteiger partial charge is 0.478 e. The van der Waals surface area contributed by atoms with E-state index in [4.69, 9.17) is 25.2 Å². The molecule has 0 bridgehead atoms. The van der Waals surface area contributed by atoms with Gasteiger partial charge in [-0.05, 0) is 45.5 Å². The van der Waals surface area contributed by atoms with Crippen LogP contribution in [0.1, 0.15) is 50.5 Å².